The third-order valence-electron chi connectivity index (χ3n) is 3.66. The summed E-state index contributed by atoms with van der Waals surface area (Å²) in [5, 5.41) is 7.20. The Balaban J connectivity index is 1.99. The Morgan fingerprint density at radius 2 is 1.96 bits per heavy atom. The molecule has 1 amide bonds. The molecule has 1 heterocycles. The Bertz CT molecular complexity index is 921. The Kier molecular flexibility index (Phi) is 4.36. The van der Waals surface area contributed by atoms with Gasteiger partial charge in [0.05, 0.1) is 5.02 Å². The number of rotatable bonds is 3. The number of aromatic nitrogens is 1. The van der Waals surface area contributed by atoms with Crippen molar-refractivity contribution in [3.05, 3.63) is 70.2 Å². The first-order chi connectivity index (χ1) is 11.5. The van der Waals surface area contributed by atoms with Crippen LogP contribution in [0.5, 0.6) is 0 Å². The van der Waals surface area contributed by atoms with Crippen molar-refractivity contribution in [2.45, 2.75) is 13.8 Å². The number of anilines is 1. The lowest BCUT2D eigenvalue weighted by molar-refractivity contribution is 0.102. The lowest BCUT2D eigenvalue weighted by Gasteiger charge is -2.09. The minimum Gasteiger partial charge on any atom is -0.360 e. The van der Waals surface area contributed by atoms with Gasteiger partial charge in [0.25, 0.3) is 5.91 Å². The maximum absolute atomic E-state index is 13.2. The molecule has 24 heavy (non-hydrogen) atoms. The van der Waals surface area contributed by atoms with Gasteiger partial charge in [0.2, 0.25) is 0 Å². The van der Waals surface area contributed by atoms with Gasteiger partial charge in [-0.05, 0) is 43.7 Å². The van der Waals surface area contributed by atoms with Crippen LogP contribution in [0.25, 0.3) is 11.3 Å². The highest BCUT2D eigenvalue weighted by Gasteiger charge is 2.23. The zero-order valence-corrected chi connectivity index (χ0v) is 13.8. The van der Waals surface area contributed by atoms with Crippen molar-refractivity contribution < 1.29 is 13.7 Å². The average molecular weight is 345 g/mol. The quantitative estimate of drug-likeness (QED) is 0.727. The number of carbonyl (C=O) groups is 1. The van der Waals surface area contributed by atoms with Gasteiger partial charge in [0.15, 0.2) is 0 Å². The maximum atomic E-state index is 13.2. The van der Waals surface area contributed by atoms with E-state index in [-0.39, 0.29) is 5.82 Å². The van der Waals surface area contributed by atoms with Crippen LogP contribution < -0.4 is 5.32 Å². The first-order valence-electron chi connectivity index (χ1n) is 7.26. The first-order valence-corrected chi connectivity index (χ1v) is 7.64. The molecule has 0 saturated carbocycles. The van der Waals surface area contributed by atoms with E-state index in [1.807, 2.05) is 0 Å². The molecule has 3 aromatic rings. The number of hydrogen-bond acceptors (Lipinski definition) is 3. The number of benzene rings is 2. The fourth-order valence-corrected chi connectivity index (χ4v) is 2.65. The van der Waals surface area contributed by atoms with Crippen molar-refractivity contribution in [3.8, 4) is 11.3 Å². The third kappa shape index (κ3) is 3.03. The predicted molar refractivity (Wildman–Crippen MR) is 90.8 cm³/mol. The molecule has 1 aromatic heterocycles. The van der Waals surface area contributed by atoms with E-state index in [9.17, 15) is 9.18 Å². The van der Waals surface area contributed by atoms with E-state index in [0.29, 0.717) is 38.9 Å². The number of carbonyl (C=O) groups excluding carboxylic acids is 1. The van der Waals surface area contributed by atoms with Crippen LogP contribution in [0.3, 0.4) is 0 Å². The number of halogens is 2. The lowest BCUT2D eigenvalue weighted by atomic mass is 10.1. The van der Waals surface area contributed by atoms with Gasteiger partial charge in [0, 0.05) is 11.3 Å². The Morgan fingerprint density at radius 3 is 2.67 bits per heavy atom. The maximum Gasteiger partial charge on any atom is 0.261 e. The second-order valence-corrected chi connectivity index (χ2v) is 5.76. The van der Waals surface area contributed by atoms with Gasteiger partial charge < -0.3 is 9.84 Å². The van der Waals surface area contributed by atoms with E-state index in [4.69, 9.17) is 16.1 Å². The summed E-state index contributed by atoms with van der Waals surface area (Å²) in [5.74, 6) is -0.371. The van der Waals surface area contributed by atoms with Gasteiger partial charge >= 0.3 is 0 Å². The van der Waals surface area contributed by atoms with Crippen molar-refractivity contribution in [1.29, 1.82) is 0 Å². The van der Waals surface area contributed by atoms with Crippen LogP contribution in [0.15, 0.2) is 47.0 Å². The van der Waals surface area contributed by atoms with Gasteiger partial charge in [-0.3, -0.25) is 4.79 Å². The SMILES string of the molecule is Cc1cc(F)ccc1NC(=O)c1c(-c2ccccc2Cl)noc1C. The summed E-state index contributed by atoms with van der Waals surface area (Å²) < 4.78 is 18.4. The van der Waals surface area contributed by atoms with Crippen LogP contribution in [0.2, 0.25) is 5.02 Å². The molecule has 4 nitrogen and oxygen atoms in total. The molecule has 0 atom stereocenters. The van der Waals surface area contributed by atoms with Crippen LogP contribution in [0.4, 0.5) is 10.1 Å². The fraction of sp³-hybridized carbons (Fsp3) is 0.111. The molecule has 6 heteroatoms. The number of nitrogens with zero attached hydrogens (tertiary/aromatic N) is 1. The molecule has 1 N–H and O–H groups in total. The standard InChI is InChI=1S/C18H14ClFN2O2/c1-10-9-12(20)7-8-15(10)21-18(23)16-11(2)24-22-17(16)13-5-3-4-6-14(13)19/h3-9H,1-2H3,(H,21,23). The van der Waals surface area contributed by atoms with E-state index >= 15 is 0 Å². The highest BCUT2D eigenvalue weighted by Crippen LogP contribution is 2.31. The zero-order chi connectivity index (χ0) is 17.3. The number of aryl methyl sites for hydroxylation is 2. The van der Waals surface area contributed by atoms with Crippen LogP contribution >= 0.6 is 11.6 Å². The van der Waals surface area contributed by atoms with E-state index in [1.165, 1.54) is 18.2 Å². The van der Waals surface area contributed by atoms with Crippen molar-refractivity contribution in [2.24, 2.45) is 0 Å². The zero-order valence-electron chi connectivity index (χ0n) is 13.1. The van der Waals surface area contributed by atoms with Gasteiger partial charge in [-0.15, -0.1) is 0 Å². The van der Waals surface area contributed by atoms with Crippen LogP contribution in [0, 0.1) is 19.7 Å². The molecule has 0 aliphatic heterocycles. The molecule has 0 saturated heterocycles. The molecule has 3 rings (SSSR count). The normalized spacial score (nSPS) is 10.7. The molecule has 0 radical (unpaired) electrons. The topological polar surface area (TPSA) is 55.1 Å². The molecule has 0 fully saturated rings. The molecular formula is C18H14ClFN2O2. The summed E-state index contributed by atoms with van der Waals surface area (Å²) in [4.78, 5) is 12.7. The van der Waals surface area contributed by atoms with Gasteiger partial charge in [-0.2, -0.15) is 0 Å². The van der Waals surface area contributed by atoms with Crippen molar-refractivity contribution >= 4 is 23.2 Å². The smallest absolute Gasteiger partial charge is 0.261 e. The average Bonchev–Trinajstić information content (AvgIpc) is 2.92. The number of hydrogen-bond donors (Lipinski definition) is 1. The molecule has 0 aliphatic rings. The van der Waals surface area contributed by atoms with E-state index < -0.39 is 5.91 Å². The van der Waals surface area contributed by atoms with Gasteiger partial charge in [-0.1, -0.05) is 35.0 Å². The van der Waals surface area contributed by atoms with E-state index in [2.05, 4.69) is 10.5 Å². The summed E-state index contributed by atoms with van der Waals surface area (Å²) >= 11 is 6.19. The van der Waals surface area contributed by atoms with Crippen molar-refractivity contribution in [3.63, 3.8) is 0 Å². The van der Waals surface area contributed by atoms with Gasteiger partial charge in [0.1, 0.15) is 22.8 Å². The fourth-order valence-electron chi connectivity index (χ4n) is 2.43. The summed E-state index contributed by atoms with van der Waals surface area (Å²) in [5.41, 5.74) is 2.42. The van der Waals surface area contributed by atoms with Crippen LogP contribution in [-0.4, -0.2) is 11.1 Å². The minimum atomic E-state index is -0.390. The largest absolute Gasteiger partial charge is 0.360 e. The molecule has 0 bridgehead atoms. The van der Waals surface area contributed by atoms with Crippen molar-refractivity contribution in [1.82, 2.24) is 5.16 Å². The summed E-state index contributed by atoms with van der Waals surface area (Å²) in [7, 11) is 0. The second-order valence-electron chi connectivity index (χ2n) is 5.36. The first kappa shape index (κ1) is 16.2. The molecule has 0 aliphatic carbocycles. The molecule has 122 valence electrons. The Labute approximate surface area is 143 Å². The predicted octanol–water partition coefficient (Wildman–Crippen LogP) is 5.00. The van der Waals surface area contributed by atoms with Crippen molar-refractivity contribution in [2.75, 3.05) is 5.32 Å². The van der Waals surface area contributed by atoms with E-state index in [0.717, 1.165) is 0 Å². The highest BCUT2D eigenvalue weighted by atomic mass is 35.5. The molecule has 0 unspecified atom stereocenters. The summed E-state index contributed by atoms with van der Waals surface area (Å²) in [6.45, 7) is 3.37. The highest BCUT2D eigenvalue weighted by molar-refractivity contribution is 6.33. The monoisotopic (exact) mass is 344 g/mol. The van der Waals surface area contributed by atoms with Crippen LogP contribution in [0.1, 0.15) is 21.7 Å². The molecular weight excluding hydrogens is 331 g/mol. The molecule has 2 aromatic carbocycles. The van der Waals surface area contributed by atoms with Crippen LogP contribution in [-0.2, 0) is 0 Å². The molecule has 0 spiro atoms. The van der Waals surface area contributed by atoms with E-state index in [1.54, 1.807) is 38.1 Å². The number of nitrogens with one attached hydrogen (secondary N) is 1. The van der Waals surface area contributed by atoms with Gasteiger partial charge in [-0.25, -0.2) is 4.39 Å². The minimum absolute atomic E-state index is 0.298. The lowest BCUT2D eigenvalue weighted by Crippen LogP contribution is -2.14. The Morgan fingerprint density at radius 1 is 1.21 bits per heavy atom. The summed E-state index contributed by atoms with van der Waals surface area (Å²) in [6, 6.07) is 11.2. The third-order valence-corrected chi connectivity index (χ3v) is 3.99. The summed E-state index contributed by atoms with van der Waals surface area (Å²) in [6.07, 6.45) is 0. The number of amides is 1. The Hall–Kier alpha value is -2.66. The second kappa shape index (κ2) is 6.45.